The lowest BCUT2D eigenvalue weighted by Crippen LogP contribution is -2.30. The summed E-state index contributed by atoms with van der Waals surface area (Å²) in [5.74, 6) is 0. The van der Waals surface area contributed by atoms with Crippen molar-refractivity contribution in [3.8, 4) is 11.3 Å². The van der Waals surface area contributed by atoms with Gasteiger partial charge in [0.15, 0.2) is 4.80 Å². The number of benzene rings is 2. The molecule has 0 aliphatic heterocycles. The fraction of sp³-hybridized carbons (Fsp3) is 0.423. The van der Waals surface area contributed by atoms with Gasteiger partial charge in [-0.05, 0) is 49.6 Å². The maximum Gasteiger partial charge on any atom is 0.243 e. The van der Waals surface area contributed by atoms with Crippen LogP contribution in [0.5, 0.6) is 0 Å². The molecule has 4 rings (SSSR count). The normalized spacial score (nSPS) is 15.9. The van der Waals surface area contributed by atoms with E-state index in [1.54, 1.807) is 23.5 Å². The Bertz CT molecular complexity index is 1230. The summed E-state index contributed by atoms with van der Waals surface area (Å²) in [7, 11) is -3.46. The molecule has 1 aliphatic rings. The average Bonchev–Trinajstić information content (AvgIpc) is 3.25. The number of hydrogen-bond donors (Lipinski definition) is 0. The van der Waals surface area contributed by atoms with Crippen molar-refractivity contribution >= 4 is 27.0 Å². The fourth-order valence-corrected chi connectivity index (χ4v) is 6.99. The van der Waals surface area contributed by atoms with Gasteiger partial charge in [-0.1, -0.05) is 62.9 Å². The fourth-order valence-electron chi connectivity index (χ4n) is 4.54. The number of thiazole rings is 1. The molecule has 1 aliphatic carbocycles. The van der Waals surface area contributed by atoms with Crippen LogP contribution in [0.4, 0.5) is 5.69 Å². The van der Waals surface area contributed by atoms with Crippen LogP contribution in [-0.4, -0.2) is 30.4 Å². The molecule has 3 aromatic rings. The molecule has 0 spiro atoms. The second-order valence-electron chi connectivity index (χ2n) is 8.63. The summed E-state index contributed by atoms with van der Waals surface area (Å²) in [6.45, 7) is 6.76. The number of nitrogens with zero attached hydrogens (tertiary/aromatic N) is 3. The molecule has 1 aromatic heterocycles. The van der Waals surface area contributed by atoms with Gasteiger partial charge in [-0.25, -0.2) is 13.4 Å². The molecule has 5 nitrogen and oxygen atoms in total. The molecule has 0 atom stereocenters. The highest BCUT2D eigenvalue weighted by Crippen LogP contribution is 2.33. The Morgan fingerprint density at radius 3 is 2.21 bits per heavy atom. The summed E-state index contributed by atoms with van der Waals surface area (Å²) in [4.78, 5) is 6.33. The van der Waals surface area contributed by atoms with Crippen molar-refractivity contribution in [1.82, 2.24) is 8.87 Å². The van der Waals surface area contributed by atoms with Crippen LogP contribution in [0.1, 0.15) is 57.6 Å². The van der Waals surface area contributed by atoms with Crippen LogP contribution >= 0.6 is 11.3 Å². The maximum atomic E-state index is 12.9. The lowest BCUT2D eigenvalue weighted by Gasteiger charge is -2.25. The molecule has 7 heteroatoms. The van der Waals surface area contributed by atoms with E-state index in [0.717, 1.165) is 34.6 Å². The van der Waals surface area contributed by atoms with Gasteiger partial charge < -0.3 is 4.57 Å². The minimum atomic E-state index is -3.46. The smallest absolute Gasteiger partial charge is 0.243 e. The first-order chi connectivity index (χ1) is 15.9. The third-order valence-electron chi connectivity index (χ3n) is 6.43. The van der Waals surface area contributed by atoms with Gasteiger partial charge >= 0.3 is 0 Å². The zero-order valence-corrected chi connectivity index (χ0v) is 21.3. The van der Waals surface area contributed by atoms with E-state index >= 15 is 0 Å². The number of aromatic nitrogens is 1. The molecule has 0 saturated heterocycles. The van der Waals surface area contributed by atoms with E-state index in [1.165, 1.54) is 29.1 Å². The molecule has 0 unspecified atom stereocenters. The van der Waals surface area contributed by atoms with Gasteiger partial charge in [-0.2, -0.15) is 4.31 Å². The van der Waals surface area contributed by atoms with E-state index in [0.29, 0.717) is 24.0 Å². The molecule has 1 fully saturated rings. The van der Waals surface area contributed by atoms with Crippen molar-refractivity contribution in [3.05, 3.63) is 64.3 Å². The molecule has 2 aromatic carbocycles. The highest BCUT2D eigenvalue weighted by Gasteiger charge is 2.23. The van der Waals surface area contributed by atoms with Gasteiger partial charge in [-0.3, -0.25) is 0 Å². The van der Waals surface area contributed by atoms with Crippen LogP contribution in [0, 0.1) is 6.92 Å². The molecule has 176 valence electrons. The van der Waals surface area contributed by atoms with Gasteiger partial charge in [0.1, 0.15) is 0 Å². The highest BCUT2D eigenvalue weighted by atomic mass is 32.2. The van der Waals surface area contributed by atoms with E-state index in [1.807, 2.05) is 26.0 Å². The van der Waals surface area contributed by atoms with Gasteiger partial charge in [0, 0.05) is 24.5 Å². The molecule has 0 amide bonds. The van der Waals surface area contributed by atoms with Gasteiger partial charge in [0.05, 0.1) is 16.3 Å². The Labute approximate surface area is 201 Å². The SMILES string of the molecule is CCN(CC)S(=O)(=O)c1ccc(-c2csc(=Nc3ccc(C)cc3)n2C2CCCCC2)cc1. The Morgan fingerprint density at radius 2 is 1.61 bits per heavy atom. The van der Waals surface area contributed by atoms with Crippen molar-refractivity contribution in [2.45, 2.75) is 63.8 Å². The Hall–Kier alpha value is -2.22. The molecular formula is C26H33N3O2S2. The molecule has 1 heterocycles. The lowest BCUT2D eigenvalue weighted by molar-refractivity contribution is 0.351. The van der Waals surface area contributed by atoms with Gasteiger partial charge in [-0.15, -0.1) is 11.3 Å². The van der Waals surface area contributed by atoms with Crippen LogP contribution in [0.2, 0.25) is 0 Å². The quantitative estimate of drug-likeness (QED) is 0.396. The summed E-state index contributed by atoms with van der Waals surface area (Å²) >= 11 is 1.66. The van der Waals surface area contributed by atoms with Gasteiger partial charge in [0.25, 0.3) is 0 Å². The first kappa shape index (κ1) is 23.9. The van der Waals surface area contributed by atoms with E-state index in [4.69, 9.17) is 4.99 Å². The molecular weight excluding hydrogens is 450 g/mol. The molecule has 33 heavy (non-hydrogen) atoms. The van der Waals surface area contributed by atoms with Crippen LogP contribution < -0.4 is 4.80 Å². The second kappa shape index (κ2) is 10.4. The molecule has 0 N–H and O–H groups in total. The largest absolute Gasteiger partial charge is 0.313 e. The van der Waals surface area contributed by atoms with Crippen LogP contribution in [-0.2, 0) is 10.0 Å². The van der Waals surface area contributed by atoms with Crippen LogP contribution in [0.15, 0.2) is 63.8 Å². The van der Waals surface area contributed by atoms with Crippen molar-refractivity contribution in [2.24, 2.45) is 4.99 Å². The van der Waals surface area contributed by atoms with E-state index in [9.17, 15) is 8.42 Å². The summed E-state index contributed by atoms with van der Waals surface area (Å²) in [5, 5.41) is 2.16. The summed E-state index contributed by atoms with van der Waals surface area (Å²) in [5.41, 5.74) is 4.32. The molecule has 0 bridgehead atoms. The minimum Gasteiger partial charge on any atom is -0.313 e. The number of rotatable bonds is 7. The Kier molecular flexibility index (Phi) is 7.51. The Morgan fingerprint density at radius 1 is 0.970 bits per heavy atom. The standard InChI is InChI=1S/C26H33N3O2S2/c1-4-28(5-2)33(30,31)24-17-13-21(14-18-24)25-19-32-26(27-22-15-11-20(3)12-16-22)29(25)23-9-7-6-8-10-23/h11-19,23H,4-10H2,1-3H3. The predicted molar refractivity (Wildman–Crippen MR) is 136 cm³/mol. The predicted octanol–water partition coefficient (Wildman–Crippen LogP) is 6.29. The van der Waals surface area contributed by atoms with E-state index in [2.05, 4.69) is 41.1 Å². The summed E-state index contributed by atoms with van der Waals surface area (Å²) < 4.78 is 29.7. The van der Waals surface area contributed by atoms with Crippen molar-refractivity contribution in [1.29, 1.82) is 0 Å². The minimum absolute atomic E-state index is 0.346. The Balaban J connectivity index is 1.76. The summed E-state index contributed by atoms with van der Waals surface area (Å²) in [6.07, 6.45) is 6.06. The highest BCUT2D eigenvalue weighted by molar-refractivity contribution is 7.89. The second-order valence-corrected chi connectivity index (χ2v) is 11.4. The lowest BCUT2D eigenvalue weighted by atomic mass is 9.95. The number of aryl methyl sites for hydroxylation is 1. The topological polar surface area (TPSA) is 54.7 Å². The summed E-state index contributed by atoms with van der Waals surface area (Å²) in [6, 6.07) is 16.1. The van der Waals surface area contributed by atoms with Crippen LogP contribution in [0.25, 0.3) is 11.3 Å². The first-order valence-corrected chi connectivity index (χ1v) is 14.2. The van der Waals surface area contributed by atoms with Crippen LogP contribution in [0.3, 0.4) is 0 Å². The van der Waals surface area contributed by atoms with Crippen molar-refractivity contribution in [3.63, 3.8) is 0 Å². The van der Waals surface area contributed by atoms with Crippen molar-refractivity contribution < 1.29 is 8.42 Å². The molecule has 1 saturated carbocycles. The number of sulfonamides is 1. The first-order valence-electron chi connectivity index (χ1n) is 11.9. The van der Waals surface area contributed by atoms with Gasteiger partial charge in [0.2, 0.25) is 10.0 Å². The maximum absolute atomic E-state index is 12.9. The zero-order chi connectivity index (χ0) is 23.4. The monoisotopic (exact) mass is 483 g/mol. The number of hydrogen-bond acceptors (Lipinski definition) is 4. The average molecular weight is 484 g/mol. The third kappa shape index (κ3) is 5.15. The third-order valence-corrected chi connectivity index (χ3v) is 9.34. The zero-order valence-electron chi connectivity index (χ0n) is 19.7. The molecule has 0 radical (unpaired) electrons. The van der Waals surface area contributed by atoms with Crippen molar-refractivity contribution in [2.75, 3.05) is 13.1 Å². The van der Waals surface area contributed by atoms with E-state index in [-0.39, 0.29) is 0 Å². The van der Waals surface area contributed by atoms with E-state index < -0.39 is 10.0 Å².